The average molecular weight is 265 g/mol. The van der Waals surface area contributed by atoms with Gasteiger partial charge in [0.25, 0.3) is 0 Å². The number of hydrogen-bond acceptors (Lipinski definition) is 2. The quantitative estimate of drug-likeness (QED) is 0.850. The van der Waals surface area contributed by atoms with Gasteiger partial charge in [0.05, 0.1) is 6.04 Å². The minimum absolute atomic E-state index is 0.176. The maximum atomic E-state index is 12.1. The van der Waals surface area contributed by atoms with Crippen molar-refractivity contribution in [2.45, 2.75) is 56.7 Å². The topological polar surface area (TPSA) is 35.1 Å². The van der Waals surface area contributed by atoms with Crippen LogP contribution in [-0.4, -0.2) is 15.3 Å². The van der Waals surface area contributed by atoms with E-state index in [0.29, 0.717) is 12.0 Å². The Hall–Kier alpha value is -0.510. The van der Waals surface area contributed by atoms with Crippen LogP contribution in [0, 0.1) is 0 Å². The Balaban J connectivity index is 1.89. The SMILES string of the molecule is CC(C)(C)[S+]([O-])N[C@H]1CC[C@@H](c2ccccc2)C1. The summed E-state index contributed by atoms with van der Waals surface area (Å²) in [6, 6.07) is 11.1. The monoisotopic (exact) mass is 265 g/mol. The molecule has 0 aliphatic heterocycles. The van der Waals surface area contributed by atoms with Gasteiger partial charge in [0.15, 0.2) is 0 Å². The Morgan fingerprint density at radius 3 is 2.44 bits per heavy atom. The van der Waals surface area contributed by atoms with Crippen LogP contribution in [0.5, 0.6) is 0 Å². The summed E-state index contributed by atoms with van der Waals surface area (Å²) in [4.78, 5) is 0. The highest BCUT2D eigenvalue weighted by Gasteiger charge is 2.33. The first-order valence-electron chi connectivity index (χ1n) is 6.70. The van der Waals surface area contributed by atoms with E-state index in [1.165, 1.54) is 12.0 Å². The highest BCUT2D eigenvalue weighted by Crippen LogP contribution is 2.35. The van der Waals surface area contributed by atoms with E-state index in [2.05, 4.69) is 35.1 Å². The zero-order valence-corrected chi connectivity index (χ0v) is 12.3. The Labute approximate surface area is 113 Å². The fourth-order valence-electron chi connectivity index (χ4n) is 2.44. The first kappa shape index (κ1) is 13.9. The van der Waals surface area contributed by atoms with Crippen molar-refractivity contribution in [1.82, 2.24) is 4.72 Å². The maximum absolute atomic E-state index is 12.1. The van der Waals surface area contributed by atoms with Gasteiger partial charge >= 0.3 is 0 Å². The Morgan fingerprint density at radius 1 is 1.17 bits per heavy atom. The zero-order chi connectivity index (χ0) is 13.2. The zero-order valence-electron chi connectivity index (χ0n) is 11.5. The molecule has 100 valence electrons. The standard InChI is InChI=1S/C15H23NOS/c1-15(2,3)18(17)16-14-10-9-13(11-14)12-7-5-4-6-8-12/h4-8,13-14,16H,9-11H2,1-3H3/t13-,14+,18?/m1/s1. The predicted octanol–water partition coefficient (Wildman–Crippen LogP) is 3.37. The average Bonchev–Trinajstić information content (AvgIpc) is 2.77. The van der Waals surface area contributed by atoms with Gasteiger partial charge in [-0.3, -0.25) is 0 Å². The molecule has 0 radical (unpaired) electrons. The van der Waals surface area contributed by atoms with Crippen molar-refractivity contribution >= 4 is 11.4 Å². The summed E-state index contributed by atoms with van der Waals surface area (Å²) >= 11 is -0.948. The number of nitrogens with one attached hydrogen (secondary N) is 1. The van der Waals surface area contributed by atoms with Crippen LogP contribution < -0.4 is 4.72 Å². The molecule has 0 bridgehead atoms. The van der Waals surface area contributed by atoms with Crippen LogP contribution in [0.3, 0.4) is 0 Å². The third-order valence-electron chi connectivity index (χ3n) is 3.53. The molecule has 18 heavy (non-hydrogen) atoms. The maximum Gasteiger partial charge on any atom is 0.136 e. The van der Waals surface area contributed by atoms with Crippen molar-refractivity contribution < 1.29 is 4.55 Å². The molecule has 1 unspecified atom stereocenters. The highest BCUT2D eigenvalue weighted by atomic mass is 32.2. The van der Waals surface area contributed by atoms with E-state index in [4.69, 9.17) is 0 Å². The van der Waals surface area contributed by atoms with E-state index >= 15 is 0 Å². The molecule has 0 spiro atoms. The lowest BCUT2D eigenvalue weighted by Gasteiger charge is -2.26. The normalized spacial score (nSPS) is 26.2. The molecular weight excluding hydrogens is 242 g/mol. The summed E-state index contributed by atoms with van der Waals surface area (Å²) < 4.78 is 15.2. The molecule has 3 atom stereocenters. The van der Waals surface area contributed by atoms with E-state index in [1.807, 2.05) is 20.8 Å². The molecule has 0 amide bonds. The number of benzene rings is 1. The lowest BCUT2D eigenvalue weighted by atomic mass is 9.98. The van der Waals surface area contributed by atoms with Crippen LogP contribution >= 0.6 is 0 Å². The third kappa shape index (κ3) is 3.50. The second kappa shape index (κ2) is 5.64. The summed E-state index contributed by atoms with van der Waals surface area (Å²) in [6.07, 6.45) is 3.43. The summed E-state index contributed by atoms with van der Waals surface area (Å²) in [5, 5.41) is 0. The molecule has 1 aliphatic rings. The van der Waals surface area contributed by atoms with Crippen LogP contribution in [0.2, 0.25) is 0 Å². The number of rotatable bonds is 3. The van der Waals surface area contributed by atoms with Crippen LogP contribution in [0.15, 0.2) is 30.3 Å². The summed E-state index contributed by atoms with van der Waals surface area (Å²) in [5.74, 6) is 0.626. The van der Waals surface area contributed by atoms with E-state index < -0.39 is 11.4 Å². The molecule has 0 saturated heterocycles. The fraction of sp³-hybridized carbons (Fsp3) is 0.600. The molecule has 2 nitrogen and oxygen atoms in total. The molecule has 1 aliphatic carbocycles. The molecule has 1 saturated carbocycles. The van der Waals surface area contributed by atoms with E-state index in [0.717, 1.165) is 12.8 Å². The molecule has 3 heteroatoms. The van der Waals surface area contributed by atoms with Gasteiger partial charge in [0, 0.05) is 11.4 Å². The molecule has 0 heterocycles. The second-order valence-electron chi connectivity index (χ2n) is 6.12. The number of hydrogen-bond donors (Lipinski definition) is 1. The van der Waals surface area contributed by atoms with Crippen LogP contribution in [0.1, 0.15) is 51.5 Å². The molecule has 0 aromatic heterocycles. The Kier molecular flexibility index (Phi) is 4.36. The van der Waals surface area contributed by atoms with Gasteiger partial charge in [-0.25, -0.2) is 0 Å². The van der Waals surface area contributed by atoms with Crippen molar-refractivity contribution in [3.05, 3.63) is 35.9 Å². The van der Waals surface area contributed by atoms with Gasteiger partial charge in [-0.2, -0.15) is 0 Å². The van der Waals surface area contributed by atoms with Crippen LogP contribution in [0.4, 0.5) is 0 Å². The summed E-state index contributed by atoms with van der Waals surface area (Å²) in [5.41, 5.74) is 1.42. The van der Waals surface area contributed by atoms with Gasteiger partial charge in [-0.15, -0.1) is 4.72 Å². The first-order valence-corrected chi connectivity index (χ1v) is 7.85. The van der Waals surface area contributed by atoms with E-state index in [9.17, 15) is 4.55 Å². The van der Waals surface area contributed by atoms with Crippen molar-refractivity contribution in [2.24, 2.45) is 0 Å². The van der Waals surface area contributed by atoms with Gasteiger partial charge < -0.3 is 4.55 Å². The molecule has 2 rings (SSSR count). The lowest BCUT2D eigenvalue weighted by molar-refractivity contribution is 0.518. The van der Waals surface area contributed by atoms with E-state index in [1.54, 1.807) is 0 Å². The molecule has 1 fully saturated rings. The predicted molar refractivity (Wildman–Crippen MR) is 77.9 cm³/mol. The van der Waals surface area contributed by atoms with Gasteiger partial charge in [0.2, 0.25) is 0 Å². The largest absolute Gasteiger partial charge is 0.598 e. The Bertz CT molecular complexity index is 374. The van der Waals surface area contributed by atoms with Gasteiger partial charge in [-0.05, 0) is 51.5 Å². The molecule has 1 aromatic carbocycles. The highest BCUT2D eigenvalue weighted by molar-refractivity contribution is 7.90. The fourth-order valence-corrected chi connectivity index (χ4v) is 3.32. The smallest absolute Gasteiger partial charge is 0.136 e. The third-order valence-corrected chi connectivity index (χ3v) is 5.19. The van der Waals surface area contributed by atoms with Crippen molar-refractivity contribution in [3.8, 4) is 0 Å². The second-order valence-corrected chi connectivity index (χ2v) is 8.11. The van der Waals surface area contributed by atoms with Crippen molar-refractivity contribution in [2.75, 3.05) is 0 Å². The van der Waals surface area contributed by atoms with Crippen molar-refractivity contribution in [3.63, 3.8) is 0 Å². The first-order chi connectivity index (χ1) is 8.47. The van der Waals surface area contributed by atoms with Crippen LogP contribution in [-0.2, 0) is 11.4 Å². The lowest BCUT2D eigenvalue weighted by Crippen LogP contribution is -2.43. The summed E-state index contributed by atoms with van der Waals surface area (Å²) in [6.45, 7) is 6.04. The summed E-state index contributed by atoms with van der Waals surface area (Å²) in [7, 11) is 0. The van der Waals surface area contributed by atoms with Gasteiger partial charge in [0.1, 0.15) is 4.75 Å². The van der Waals surface area contributed by atoms with Crippen molar-refractivity contribution in [1.29, 1.82) is 0 Å². The minimum atomic E-state index is -0.948. The van der Waals surface area contributed by atoms with E-state index in [-0.39, 0.29) is 4.75 Å². The van der Waals surface area contributed by atoms with Crippen LogP contribution in [0.25, 0.3) is 0 Å². The Morgan fingerprint density at radius 2 is 1.83 bits per heavy atom. The molecular formula is C15H23NOS. The van der Waals surface area contributed by atoms with Gasteiger partial charge in [-0.1, -0.05) is 30.3 Å². The molecule has 1 N–H and O–H groups in total. The minimum Gasteiger partial charge on any atom is -0.598 e. The molecule has 1 aromatic rings.